The normalized spacial score (nSPS) is 20.7. The first-order valence-electron chi connectivity index (χ1n) is 13.6. The highest BCUT2D eigenvalue weighted by Gasteiger charge is 2.34. The molecule has 10 heteroatoms. The highest BCUT2D eigenvalue weighted by molar-refractivity contribution is 5.39. The van der Waals surface area contributed by atoms with E-state index in [4.69, 9.17) is 10.5 Å². The minimum absolute atomic E-state index is 0.171. The molecule has 0 spiro atoms. The number of ether oxygens (including phenoxy) is 1. The van der Waals surface area contributed by atoms with Crippen LogP contribution in [0.15, 0.2) is 55.6 Å². The van der Waals surface area contributed by atoms with Crippen molar-refractivity contribution in [1.29, 1.82) is 0 Å². The molecule has 8 nitrogen and oxygen atoms in total. The average Bonchev–Trinajstić information content (AvgIpc) is 3.35. The standard InChI is InChI=1S/C29H35F2N7O/c1-3-5-19-13-33-28(34-14-19)37-10-8-20(9-11-37)27(4-2)39-22-15-35-29(36-16-22)38-17-24(26(32)18-38)23-12-21(30)6-7-25(23)31/h4,6-7,12-16,20,24,26-27H,2-3,5,8-11,17-18,32H2,1H3. The Kier molecular flexibility index (Phi) is 8.30. The van der Waals surface area contributed by atoms with Gasteiger partial charge in [-0.15, -0.1) is 0 Å². The molecule has 0 bridgehead atoms. The summed E-state index contributed by atoms with van der Waals surface area (Å²) in [4.78, 5) is 22.2. The van der Waals surface area contributed by atoms with Gasteiger partial charge in [0.2, 0.25) is 11.9 Å². The molecule has 1 aromatic carbocycles. The smallest absolute Gasteiger partial charge is 0.225 e. The highest BCUT2D eigenvalue weighted by Crippen LogP contribution is 2.31. The molecule has 5 rings (SSSR count). The first-order chi connectivity index (χ1) is 18.9. The van der Waals surface area contributed by atoms with Gasteiger partial charge < -0.3 is 20.3 Å². The van der Waals surface area contributed by atoms with Crippen molar-refractivity contribution in [2.24, 2.45) is 11.7 Å². The largest absolute Gasteiger partial charge is 0.483 e. The van der Waals surface area contributed by atoms with E-state index in [0.717, 1.165) is 62.4 Å². The molecule has 0 saturated carbocycles. The van der Waals surface area contributed by atoms with Gasteiger partial charge in [-0.25, -0.2) is 28.7 Å². The first-order valence-corrected chi connectivity index (χ1v) is 13.6. The first kappa shape index (κ1) is 26.9. The molecule has 0 radical (unpaired) electrons. The number of piperidine rings is 1. The molecule has 2 saturated heterocycles. The summed E-state index contributed by atoms with van der Waals surface area (Å²) in [6, 6.07) is 3.11. The van der Waals surface area contributed by atoms with E-state index in [0.29, 0.717) is 30.7 Å². The van der Waals surface area contributed by atoms with Crippen LogP contribution in [0.1, 0.15) is 43.2 Å². The maximum absolute atomic E-state index is 14.3. The minimum Gasteiger partial charge on any atom is -0.483 e. The molecule has 3 aromatic rings. The van der Waals surface area contributed by atoms with Gasteiger partial charge in [0.1, 0.15) is 17.7 Å². The zero-order valence-corrected chi connectivity index (χ0v) is 22.2. The summed E-state index contributed by atoms with van der Waals surface area (Å²) in [5, 5.41) is 0. The van der Waals surface area contributed by atoms with Gasteiger partial charge in [-0.05, 0) is 48.6 Å². The lowest BCUT2D eigenvalue weighted by Crippen LogP contribution is -2.39. The summed E-state index contributed by atoms with van der Waals surface area (Å²) in [6.07, 6.45) is 12.7. The summed E-state index contributed by atoms with van der Waals surface area (Å²) >= 11 is 0. The Hall–Kier alpha value is -3.66. The van der Waals surface area contributed by atoms with E-state index in [1.807, 2.05) is 23.4 Å². The predicted octanol–water partition coefficient (Wildman–Crippen LogP) is 4.28. The van der Waals surface area contributed by atoms with Crippen molar-refractivity contribution < 1.29 is 13.5 Å². The fraction of sp³-hybridized carbons (Fsp3) is 0.448. The van der Waals surface area contributed by atoms with Crippen LogP contribution in [0.5, 0.6) is 5.75 Å². The van der Waals surface area contributed by atoms with Gasteiger partial charge in [-0.3, -0.25) is 0 Å². The number of aromatic nitrogens is 4. The van der Waals surface area contributed by atoms with Crippen molar-refractivity contribution in [2.75, 3.05) is 36.0 Å². The second-order valence-corrected chi connectivity index (χ2v) is 10.3. The van der Waals surface area contributed by atoms with Gasteiger partial charge in [-0.1, -0.05) is 26.0 Å². The maximum Gasteiger partial charge on any atom is 0.225 e. The van der Waals surface area contributed by atoms with Crippen LogP contribution in [0, 0.1) is 17.6 Å². The third-order valence-corrected chi connectivity index (χ3v) is 7.64. The lowest BCUT2D eigenvalue weighted by Gasteiger charge is -2.35. The Morgan fingerprint density at radius 3 is 2.36 bits per heavy atom. The lowest BCUT2D eigenvalue weighted by molar-refractivity contribution is 0.156. The van der Waals surface area contributed by atoms with E-state index in [1.165, 1.54) is 6.07 Å². The van der Waals surface area contributed by atoms with Gasteiger partial charge in [0.25, 0.3) is 0 Å². The Morgan fingerprint density at radius 2 is 1.69 bits per heavy atom. The van der Waals surface area contributed by atoms with Gasteiger partial charge in [0.05, 0.1) is 12.4 Å². The summed E-state index contributed by atoms with van der Waals surface area (Å²) < 4.78 is 34.3. The van der Waals surface area contributed by atoms with E-state index in [9.17, 15) is 8.78 Å². The summed E-state index contributed by atoms with van der Waals surface area (Å²) in [7, 11) is 0. The van der Waals surface area contributed by atoms with Crippen LogP contribution in [0.2, 0.25) is 0 Å². The van der Waals surface area contributed by atoms with Gasteiger partial charge in [-0.2, -0.15) is 0 Å². The SMILES string of the molecule is C=CC(Oc1cnc(N2CC(N)C(c3cc(F)ccc3F)C2)nc1)C1CCN(c2ncc(CCC)cn2)CC1. The van der Waals surface area contributed by atoms with Gasteiger partial charge >= 0.3 is 0 Å². The Morgan fingerprint density at radius 1 is 1.03 bits per heavy atom. The number of aryl methyl sites for hydroxylation is 1. The van der Waals surface area contributed by atoms with Crippen LogP contribution >= 0.6 is 0 Å². The lowest BCUT2D eigenvalue weighted by atomic mass is 9.91. The van der Waals surface area contributed by atoms with Crippen LogP contribution in [0.25, 0.3) is 0 Å². The molecule has 3 atom stereocenters. The van der Waals surface area contributed by atoms with Crippen LogP contribution < -0.4 is 20.3 Å². The number of hydrogen-bond acceptors (Lipinski definition) is 8. The molecule has 4 heterocycles. The topological polar surface area (TPSA) is 93.3 Å². The summed E-state index contributed by atoms with van der Waals surface area (Å²) in [6.45, 7) is 8.69. The second kappa shape index (κ2) is 12.0. The number of anilines is 2. The van der Waals surface area contributed by atoms with E-state index in [1.54, 1.807) is 12.4 Å². The van der Waals surface area contributed by atoms with E-state index >= 15 is 0 Å². The van der Waals surface area contributed by atoms with Crippen LogP contribution in [-0.2, 0) is 6.42 Å². The predicted molar refractivity (Wildman–Crippen MR) is 147 cm³/mol. The molecule has 0 amide bonds. The molecule has 3 unspecified atom stereocenters. The summed E-state index contributed by atoms with van der Waals surface area (Å²) in [5.74, 6) is 0.820. The fourth-order valence-electron chi connectivity index (χ4n) is 5.50. The monoisotopic (exact) mass is 535 g/mol. The van der Waals surface area contributed by atoms with Crippen molar-refractivity contribution in [3.63, 3.8) is 0 Å². The molecule has 2 fully saturated rings. The molecule has 2 aliphatic rings. The Balaban J connectivity index is 1.16. The average molecular weight is 536 g/mol. The van der Waals surface area contributed by atoms with Crippen molar-refractivity contribution in [3.05, 3.63) is 78.4 Å². The van der Waals surface area contributed by atoms with E-state index in [2.05, 4.69) is 38.3 Å². The third-order valence-electron chi connectivity index (χ3n) is 7.64. The van der Waals surface area contributed by atoms with E-state index in [-0.39, 0.29) is 23.6 Å². The fourth-order valence-corrected chi connectivity index (χ4v) is 5.50. The molecular formula is C29H35F2N7O. The number of nitrogens with zero attached hydrogens (tertiary/aromatic N) is 6. The number of nitrogens with two attached hydrogens (primary N) is 1. The zero-order valence-electron chi connectivity index (χ0n) is 22.2. The van der Waals surface area contributed by atoms with Gasteiger partial charge in [0.15, 0.2) is 5.75 Å². The molecule has 39 heavy (non-hydrogen) atoms. The Labute approximate surface area is 228 Å². The van der Waals surface area contributed by atoms with E-state index < -0.39 is 11.6 Å². The number of rotatable bonds is 9. The second-order valence-electron chi connectivity index (χ2n) is 10.3. The Bertz CT molecular complexity index is 1250. The molecule has 2 aliphatic heterocycles. The maximum atomic E-state index is 14.3. The van der Waals surface area contributed by atoms with Crippen LogP contribution in [0.4, 0.5) is 20.7 Å². The zero-order chi connectivity index (χ0) is 27.4. The van der Waals surface area contributed by atoms with Crippen molar-refractivity contribution in [3.8, 4) is 5.75 Å². The van der Waals surface area contributed by atoms with Crippen molar-refractivity contribution in [2.45, 2.75) is 50.7 Å². The number of halogens is 2. The number of hydrogen-bond donors (Lipinski definition) is 1. The van der Waals surface area contributed by atoms with Crippen LogP contribution in [-0.4, -0.2) is 58.3 Å². The van der Waals surface area contributed by atoms with Crippen molar-refractivity contribution >= 4 is 11.9 Å². The summed E-state index contributed by atoms with van der Waals surface area (Å²) in [5.41, 5.74) is 7.73. The quantitative estimate of drug-likeness (QED) is 0.406. The van der Waals surface area contributed by atoms with Crippen molar-refractivity contribution in [1.82, 2.24) is 19.9 Å². The molecule has 206 valence electrons. The molecule has 0 aliphatic carbocycles. The van der Waals surface area contributed by atoms with Gasteiger partial charge in [0, 0.05) is 56.5 Å². The molecular weight excluding hydrogens is 500 g/mol. The van der Waals surface area contributed by atoms with Crippen LogP contribution in [0.3, 0.4) is 0 Å². The molecule has 2 aromatic heterocycles. The highest BCUT2D eigenvalue weighted by atomic mass is 19.1. The third kappa shape index (κ3) is 6.16. The number of benzene rings is 1. The minimum atomic E-state index is -0.480. The molecule has 2 N–H and O–H groups in total.